The molecule has 0 heterocycles. The maximum Gasteiger partial charge on any atom is 0.133 e. The van der Waals surface area contributed by atoms with Gasteiger partial charge in [0.15, 0.2) is 0 Å². The number of hydrogen-bond acceptors (Lipinski definition) is 3. The summed E-state index contributed by atoms with van der Waals surface area (Å²) in [5.41, 5.74) is 1.16. The highest BCUT2D eigenvalue weighted by atomic mass is 79.9. The van der Waals surface area contributed by atoms with E-state index < -0.39 is 0 Å². The van der Waals surface area contributed by atoms with Gasteiger partial charge in [-0.15, -0.1) is 0 Å². The van der Waals surface area contributed by atoms with Crippen LogP contribution in [0.1, 0.15) is 45.2 Å². The second kappa shape index (κ2) is 8.53. The van der Waals surface area contributed by atoms with Crippen LogP contribution >= 0.6 is 15.9 Å². The Balaban J connectivity index is 3.15. The predicted octanol–water partition coefficient (Wildman–Crippen LogP) is 4.55. The van der Waals surface area contributed by atoms with Gasteiger partial charge in [-0.1, -0.05) is 27.2 Å². The van der Waals surface area contributed by atoms with Crippen LogP contribution in [0.25, 0.3) is 0 Å². The molecule has 114 valence electrons. The van der Waals surface area contributed by atoms with E-state index in [4.69, 9.17) is 9.47 Å². The summed E-state index contributed by atoms with van der Waals surface area (Å²) < 4.78 is 11.9. The van der Waals surface area contributed by atoms with E-state index in [1.54, 1.807) is 14.2 Å². The molecule has 20 heavy (non-hydrogen) atoms. The Morgan fingerprint density at radius 2 is 1.80 bits per heavy atom. The molecule has 2 atom stereocenters. The quantitative estimate of drug-likeness (QED) is 0.750. The van der Waals surface area contributed by atoms with E-state index in [0.717, 1.165) is 34.5 Å². The average Bonchev–Trinajstić information content (AvgIpc) is 2.46. The fraction of sp³-hybridized carbons (Fsp3) is 0.625. The van der Waals surface area contributed by atoms with Gasteiger partial charge in [0, 0.05) is 11.6 Å². The first-order valence-electron chi connectivity index (χ1n) is 7.22. The van der Waals surface area contributed by atoms with Crippen LogP contribution in [0, 0.1) is 5.92 Å². The van der Waals surface area contributed by atoms with Gasteiger partial charge in [0.1, 0.15) is 11.5 Å². The maximum atomic E-state index is 5.54. The predicted molar refractivity (Wildman–Crippen MR) is 87.7 cm³/mol. The van der Waals surface area contributed by atoms with Gasteiger partial charge in [0.05, 0.1) is 18.7 Å². The lowest BCUT2D eigenvalue weighted by atomic mass is 9.93. The summed E-state index contributed by atoms with van der Waals surface area (Å²) in [5.74, 6) is 2.40. The van der Waals surface area contributed by atoms with E-state index in [1.807, 2.05) is 6.07 Å². The summed E-state index contributed by atoms with van der Waals surface area (Å²) in [6, 6.07) is 4.33. The average molecular weight is 344 g/mol. The molecule has 0 fully saturated rings. The second-order valence-electron chi connectivity index (χ2n) is 5.09. The molecule has 2 unspecified atom stereocenters. The van der Waals surface area contributed by atoms with Crippen molar-refractivity contribution in [2.24, 2.45) is 5.92 Å². The number of benzene rings is 1. The Bertz CT molecular complexity index is 423. The zero-order valence-electron chi connectivity index (χ0n) is 13.1. The molecule has 0 amide bonds. The van der Waals surface area contributed by atoms with Crippen molar-refractivity contribution in [3.63, 3.8) is 0 Å². The molecular formula is C16H26BrNO2. The van der Waals surface area contributed by atoms with Crippen LogP contribution in [0.4, 0.5) is 0 Å². The molecule has 0 aromatic heterocycles. The lowest BCUT2D eigenvalue weighted by Gasteiger charge is -2.24. The highest BCUT2D eigenvalue weighted by Gasteiger charge is 2.20. The Morgan fingerprint density at radius 3 is 2.30 bits per heavy atom. The van der Waals surface area contributed by atoms with Crippen molar-refractivity contribution >= 4 is 15.9 Å². The van der Waals surface area contributed by atoms with Gasteiger partial charge in [0.25, 0.3) is 0 Å². The van der Waals surface area contributed by atoms with E-state index in [2.05, 4.69) is 48.1 Å². The minimum absolute atomic E-state index is 0.284. The van der Waals surface area contributed by atoms with Gasteiger partial charge < -0.3 is 14.8 Å². The number of rotatable bonds is 8. The van der Waals surface area contributed by atoms with Gasteiger partial charge in [-0.25, -0.2) is 0 Å². The van der Waals surface area contributed by atoms with Crippen LogP contribution in [-0.2, 0) is 0 Å². The van der Waals surface area contributed by atoms with Crippen LogP contribution < -0.4 is 14.8 Å². The molecule has 0 aliphatic rings. The Labute approximate surface area is 131 Å². The van der Waals surface area contributed by atoms with Gasteiger partial charge in [0.2, 0.25) is 0 Å². The Hall–Kier alpha value is -0.740. The van der Waals surface area contributed by atoms with E-state index in [1.165, 1.54) is 6.42 Å². The van der Waals surface area contributed by atoms with Crippen molar-refractivity contribution in [3.05, 3.63) is 22.2 Å². The first-order valence-corrected chi connectivity index (χ1v) is 8.01. The summed E-state index contributed by atoms with van der Waals surface area (Å²) in [5, 5.41) is 3.56. The first kappa shape index (κ1) is 17.3. The zero-order chi connectivity index (χ0) is 15.1. The fourth-order valence-corrected chi connectivity index (χ4v) is 2.78. The molecule has 3 nitrogen and oxygen atoms in total. The highest BCUT2D eigenvalue weighted by molar-refractivity contribution is 9.10. The molecular weight excluding hydrogens is 318 g/mol. The molecule has 0 aliphatic carbocycles. The van der Waals surface area contributed by atoms with Gasteiger partial charge >= 0.3 is 0 Å². The number of nitrogens with one attached hydrogen (secondary N) is 1. The second-order valence-corrected chi connectivity index (χ2v) is 5.94. The topological polar surface area (TPSA) is 30.5 Å². The molecule has 1 rings (SSSR count). The molecule has 0 radical (unpaired) electrons. The van der Waals surface area contributed by atoms with Crippen LogP contribution in [0.15, 0.2) is 16.6 Å². The monoisotopic (exact) mass is 343 g/mol. The largest absolute Gasteiger partial charge is 0.496 e. The molecule has 0 bridgehead atoms. The summed E-state index contributed by atoms with van der Waals surface area (Å²) in [7, 11) is 3.40. The van der Waals surface area contributed by atoms with E-state index >= 15 is 0 Å². The molecule has 0 saturated carbocycles. The van der Waals surface area contributed by atoms with Crippen molar-refractivity contribution in [2.45, 2.75) is 39.7 Å². The maximum absolute atomic E-state index is 5.54. The standard InChI is InChI=1S/C16H26BrNO2/c1-6-11(3)8-14(18-7-2)12-9-16(20-5)13(17)10-15(12)19-4/h9-11,14,18H,6-8H2,1-5H3. The van der Waals surface area contributed by atoms with Crippen molar-refractivity contribution in [2.75, 3.05) is 20.8 Å². The third-order valence-corrected chi connectivity index (χ3v) is 4.28. The summed E-state index contributed by atoms with van der Waals surface area (Å²) >= 11 is 3.51. The SMILES string of the molecule is CCNC(CC(C)CC)c1cc(OC)c(Br)cc1OC. The van der Waals surface area contributed by atoms with Crippen LogP contribution in [0.2, 0.25) is 0 Å². The molecule has 0 spiro atoms. The number of methoxy groups -OCH3 is 2. The van der Waals surface area contributed by atoms with E-state index in [-0.39, 0.29) is 6.04 Å². The summed E-state index contributed by atoms with van der Waals surface area (Å²) in [6.07, 6.45) is 2.27. The van der Waals surface area contributed by atoms with Crippen molar-refractivity contribution in [1.29, 1.82) is 0 Å². The van der Waals surface area contributed by atoms with E-state index in [9.17, 15) is 0 Å². The highest BCUT2D eigenvalue weighted by Crippen LogP contribution is 2.37. The number of hydrogen-bond donors (Lipinski definition) is 1. The lowest BCUT2D eigenvalue weighted by Crippen LogP contribution is -2.23. The minimum Gasteiger partial charge on any atom is -0.496 e. The van der Waals surface area contributed by atoms with Gasteiger partial charge in [-0.2, -0.15) is 0 Å². The normalized spacial score (nSPS) is 13.9. The number of halogens is 1. The smallest absolute Gasteiger partial charge is 0.133 e. The summed E-state index contributed by atoms with van der Waals surface area (Å²) in [4.78, 5) is 0. The fourth-order valence-electron chi connectivity index (χ4n) is 2.29. The molecule has 1 aromatic rings. The number of ether oxygens (including phenoxy) is 2. The zero-order valence-corrected chi connectivity index (χ0v) is 14.7. The molecule has 4 heteroatoms. The van der Waals surface area contributed by atoms with E-state index in [0.29, 0.717) is 5.92 Å². The first-order chi connectivity index (χ1) is 9.57. The van der Waals surface area contributed by atoms with Crippen LogP contribution in [-0.4, -0.2) is 20.8 Å². The summed E-state index contributed by atoms with van der Waals surface area (Å²) in [6.45, 7) is 7.58. The lowest BCUT2D eigenvalue weighted by molar-refractivity contribution is 0.367. The van der Waals surface area contributed by atoms with Crippen molar-refractivity contribution < 1.29 is 9.47 Å². The third kappa shape index (κ3) is 4.38. The molecule has 0 saturated heterocycles. The van der Waals surface area contributed by atoms with Crippen LogP contribution in [0.3, 0.4) is 0 Å². The third-order valence-electron chi connectivity index (χ3n) is 3.67. The van der Waals surface area contributed by atoms with Crippen molar-refractivity contribution in [3.8, 4) is 11.5 Å². The molecule has 0 aliphatic heterocycles. The minimum atomic E-state index is 0.284. The van der Waals surface area contributed by atoms with Crippen LogP contribution in [0.5, 0.6) is 11.5 Å². The Kier molecular flexibility index (Phi) is 7.38. The Morgan fingerprint density at radius 1 is 1.15 bits per heavy atom. The van der Waals surface area contributed by atoms with Crippen molar-refractivity contribution in [1.82, 2.24) is 5.32 Å². The van der Waals surface area contributed by atoms with Gasteiger partial charge in [-0.05, 0) is 46.9 Å². The van der Waals surface area contributed by atoms with Gasteiger partial charge in [-0.3, -0.25) is 0 Å². The molecule has 1 N–H and O–H groups in total. The molecule has 1 aromatic carbocycles.